The zero-order chi connectivity index (χ0) is 19.3. The van der Waals surface area contributed by atoms with Gasteiger partial charge in [0.05, 0.1) is 5.02 Å². The molecule has 0 spiro atoms. The van der Waals surface area contributed by atoms with Crippen LogP contribution in [0.5, 0.6) is 0 Å². The van der Waals surface area contributed by atoms with E-state index >= 15 is 0 Å². The highest BCUT2D eigenvalue weighted by molar-refractivity contribution is 6.30. The minimum absolute atomic E-state index is 0.146. The zero-order valence-corrected chi connectivity index (χ0v) is 15.1. The minimum atomic E-state index is -1.35. The first kappa shape index (κ1) is 18.3. The molecule has 4 rings (SSSR count). The maximum atomic E-state index is 13.4. The Morgan fingerprint density at radius 2 is 2.00 bits per heavy atom. The van der Waals surface area contributed by atoms with Crippen molar-refractivity contribution >= 4 is 22.6 Å². The average molecular weight is 393 g/mol. The van der Waals surface area contributed by atoms with Gasteiger partial charge in [-0.05, 0) is 42.3 Å². The van der Waals surface area contributed by atoms with Gasteiger partial charge in [-0.2, -0.15) is 0 Å². The fourth-order valence-corrected chi connectivity index (χ4v) is 3.65. The van der Waals surface area contributed by atoms with E-state index in [0.717, 1.165) is 17.0 Å². The van der Waals surface area contributed by atoms with Crippen LogP contribution in [0, 0.1) is 12.7 Å². The highest BCUT2D eigenvalue weighted by Crippen LogP contribution is 2.38. The first-order chi connectivity index (χ1) is 12.9. The molecule has 0 bridgehead atoms. The van der Waals surface area contributed by atoms with Crippen molar-refractivity contribution < 1.29 is 24.4 Å². The van der Waals surface area contributed by atoms with Gasteiger partial charge in [0.15, 0.2) is 6.23 Å². The van der Waals surface area contributed by atoms with Gasteiger partial charge in [-0.25, -0.2) is 9.37 Å². The normalized spacial score (nSPS) is 26.6. The third kappa shape index (κ3) is 3.01. The lowest BCUT2D eigenvalue weighted by Crippen LogP contribution is -2.34. The maximum absolute atomic E-state index is 13.4. The molecule has 0 aliphatic carbocycles. The number of hydrogen-bond donors (Lipinski definition) is 3. The van der Waals surface area contributed by atoms with Crippen molar-refractivity contribution in [2.75, 3.05) is 0 Å². The van der Waals surface area contributed by atoms with Gasteiger partial charge >= 0.3 is 0 Å². The van der Waals surface area contributed by atoms with Gasteiger partial charge in [0, 0.05) is 17.8 Å². The summed E-state index contributed by atoms with van der Waals surface area (Å²) >= 11 is 5.77. The fraction of sp³-hybridized carbons (Fsp3) is 0.316. The minimum Gasteiger partial charge on any atom is -0.387 e. The van der Waals surface area contributed by atoms with Gasteiger partial charge in [-0.3, -0.25) is 0 Å². The van der Waals surface area contributed by atoms with E-state index in [9.17, 15) is 19.7 Å². The smallest absolute Gasteiger partial charge is 0.164 e. The Bertz CT molecular complexity index is 995. The van der Waals surface area contributed by atoms with Crippen molar-refractivity contribution in [1.82, 2.24) is 9.55 Å². The number of aromatic nitrogens is 2. The van der Waals surface area contributed by atoms with Crippen LogP contribution in [0.2, 0.25) is 5.02 Å². The maximum Gasteiger partial charge on any atom is 0.164 e. The lowest BCUT2D eigenvalue weighted by atomic mass is 9.99. The predicted molar refractivity (Wildman–Crippen MR) is 96.8 cm³/mol. The summed E-state index contributed by atoms with van der Waals surface area (Å²) in [5.41, 5.74) is 1.90. The summed E-state index contributed by atoms with van der Waals surface area (Å²) in [6.07, 6.45) is -2.60. The molecule has 3 N–H and O–H groups in total. The number of nitrogens with zero attached hydrogens (tertiary/aromatic N) is 2. The molecule has 1 saturated heterocycles. The van der Waals surface area contributed by atoms with Gasteiger partial charge in [-0.15, -0.1) is 0 Å². The molecular formula is C19H18ClFN2O4. The van der Waals surface area contributed by atoms with Crippen LogP contribution in [0.25, 0.3) is 11.0 Å². The molecule has 2 aromatic heterocycles. The Morgan fingerprint density at radius 1 is 1.22 bits per heavy atom. The number of fused-ring (bicyclic) bond motifs is 1. The van der Waals surface area contributed by atoms with Gasteiger partial charge in [-0.1, -0.05) is 17.7 Å². The van der Waals surface area contributed by atoms with E-state index in [0.29, 0.717) is 5.65 Å². The van der Waals surface area contributed by atoms with Crippen LogP contribution in [0.4, 0.5) is 4.39 Å². The van der Waals surface area contributed by atoms with E-state index in [1.165, 1.54) is 12.1 Å². The number of aryl methyl sites for hydroxylation is 1. The monoisotopic (exact) mass is 392 g/mol. The summed E-state index contributed by atoms with van der Waals surface area (Å²) < 4.78 is 20.8. The van der Waals surface area contributed by atoms with E-state index in [1.54, 1.807) is 17.0 Å². The molecule has 3 aromatic rings. The third-order valence-corrected chi connectivity index (χ3v) is 5.27. The van der Waals surface area contributed by atoms with E-state index in [2.05, 4.69) is 4.98 Å². The first-order valence-electron chi connectivity index (χ1n) is 8.45. The average Bonchev–Trinajstić information content (AvgIpc) is 3.20. The molecule has 0 amide bonds. The molecule has 6 nitrogen and oxygen atoms in total. The second-order valence-corrected chi connectivity index (χ2v) is 7.09. The van der Waals surface area contributed by atoms with Gasteiger partial charge in [0.1, 0.15) is 35.9 Å². The molecule has 27 heavy (non-hydrogen) atoms. The van der Waals surface area contributed by atoms with Gasteiger partial charge in [0.25, 0.3) is 0 Å². The quantitative estimate of drug-likeness (QED) is 0.637. The zero-order valence-electron chi connectivity index (χ0n) is 14.3. The molecule has 1 aliphatic heterocycles. The molecule has 5 atom stereocenters. The van der Waals surface area contributed by atoms with Crippen LogP contribution in [0.3, 0.4) is 0 Å². The van der Waals surface area contributed by atoms with Crippen molar-refractivity contribution in [1.29, 1.82) is 0 Å². The van der Waals surface area contributed by atoms with Gasteiger partial charge in [0.2, 0.25) is 0 Å². The molecule has 1 fully saturated rings. The largest absolute Gasteiger partial charge is 0.387 e. The van der Waals surface area contributed by atoms with Crippen molar-refractivity contribution in [3.63, 3.8) is 0 Å². The lowest BCUT2D eigenvalue weighted by Gasteiger charge is -2.21. The Morgan fingerprint density at radius 3 is 2.74 bits per heavy atom. The summed E-state index contributed by atoms with van der Waals surface area (Å²) in [6, 6.07) is 7.48. The summed E-state index contributed by atoms with van der Waals surface area (Å²) in [5.74, 6) is -0.612. The summed E-state index contributed by atoms with van der Waals surface area (Å²) in [7, 11) is 0. The van der Waals surface area contributed by atoms with Crippen LogP contribution >= 0.6 is 11.6 Å². The van der Waals surface area contributed by atoms with Crippen LogP contribution in [-0.2, 0) is 4.74 Å². The Hall–Kier alpha value is -2.03. The number of benzene rings is 1. The van der Waals surface area contributed by atoms with E-state index in [4.69, 9.17) is 16.3 Å². The molecule has 0 unspecified atom stereocenters. The van der Waals surface area contributed by atoms with Crippen molar-refractivity contribution in [3.05, 3.63) is 64.7 Å². The number of aliphatic hydroxyl groups is 3. The lowest BCUT2D eigenvalue weighted by molar-refractivity contribution is -0.0848. The van der Waals surface area contributed by atoms with E-state index in [-0.39, 0.29) is 10.6 Å². The number of aliphatic hydroxyl groups excluding tert-OH is 3. The second-order valence-electron chi connectivity index (χ2n) is 6.68. The highest BCUT2D eigenvalue weighted by atomic mass is 35.5. The van der Waals surface area contributed by atoms with Crippen LogP contribution in [0.1, 0.15) is 23.5 Å². The number of pyridine rings is 1. The Balaban J connectivity index is 1.66. The Labute approximate surface area is 159 Å². The number of hydrogen-bond acceptors (Lipinski definition) is 5. The van der Waals surface area contributed by atoms with Crippen molar-refractivity contribution in [2.24, 2.45) is 0 Å². The van der Waals surface area contributed by atoms with Crippen LogP contribution in [0.15, 0.2) is 42.7 Å². The molecule has 0 radical (unpaired) electrons. The van der Waals surface area contributed by atoms with Crippen LogP contribution in [-0.4, -0.2) is 43.2 Å². The topological polar surface area (TPSA) is 87.7 Å². The van der Waals surface area contributed by atoms with E-state index < -0.39 is 36.5 Å². The molecule has 0 saturated carbocycles. The summed E-state index contributed by atoms with van der Waals surface area (Å²) in [4.78, 5) is 4.32. The fourth-order valence-electron chi connectivity index (χ4n) is 3.46. The first-order valence-corrected chi connectivity index (χ1v) is 8.83. The molecule has 142 valence electrons. The molecule has 1 aliphatic rings. The summed E-state index contributed by atoms with van der Waals surface area (Å²) in [6.45, 7) is 1.94. The highest BCUT2D eigenvalue weighted by Gasteiger charge is 2.47. The SMILES string of the molecule is Cc1ccnc2c1ccn2[C@@H]1O[C@H]([C@H](O)c2ccc(F)c(Cl)c2)[C@@H](O)[C@H]1O. The summed E-state index contributed by atoms with van der Waals surface area (Å²) in [5, 5.41) is 32.3. The van der Waals surface area contributed by atoms with E-state index in [1.807, 2.05) is 19.1 Å². The predicted octanol–water partition coefficient (Wildman–Crippen LogP) is 2.49. The molecular weight excluding hydrogens is 375 g/mol. The molecule has 1 aromatic carbocycles. The standard InChI is InChI=1S/C19H18ClFN2O4/c1-9-4-6-22-18-11(9)5-7-23(18)19-16(26)15(25)17(27-19)14(24)10-2-3-13(21)12(20)8-10/h2-8,14-17,19,24-26H,1H3/t14-,15+,16-,17-,19-/m1/s1. The molecule has 3 heterocycles. The van der Waals surface area contributed by atoms with Crippen molar-refractivity contribution in [3.8, 4) is 0 Å². The van der Waals surface area contributed by atoms with Crippen molar-refractivity contribution in [2.45, 2.75) is 37.6 Å². The number of rotatable bonds is 3. The number of ether oxygens (including phenoxy) is 1. The van der Waals surface area contributed by atoms with Gasteiger partial charge < -0.3 is 24.6 Å². The molecule has 8 heteroatoms. The Kier molecular flexibility index (Phi) is 4.65. The number of halogens is 2. The third-order valence-electron chi connectivity index (χ3n) is 4.98. The van der Waals surface area contributed by atoms with Crippen LogP contribution < -0.4 is 0 Å². The second kappa shape index (κ2) is 6.85.